The zero-order valence-electron chi connectivity index (χ0n) is 11.6. The van der Waals surface area contributed by atoms with Crippen LogP contribution in [0.5, 0.6) is 0 Å². The number of aromatic nitrogens is 3. The Balaban J connectivity index is 1.65. The summed E-state index contributed by atoms with van der Waals surface area (Å²) in [4.78, 5) is 8.93. The quantitative estimate of drug-likeness (QED) is 0.399. The van der Waals surface area contributed by atoms with Crippen LogP contribution in [0.15, 0.2) is 66.1 Å². The van der Waals surface area contributed by atoms with Crippen LogP contribution < -0.4 is 0 Å². The van der Waals surface area contributed by atoms with E-state index < -0.39 is 0 Å². The second-order valence-electron chi connectivity index (χ2n) is 4.96. The van der Waals surface area contributed by atoms with Gasteiger partial charge in [-0.3, -0.25) is 4.40 Å². The normalized spacial score (nSPS) is 11.3. The molecule has 22 heavy (non-hydrogen) atoms. The molecule has 0 atom stereocenters. The number of benzene rings is 1. The third-order valence-corrected chi connectivity index (χ3v) is 4.85. The minimum Gasteiger partial charge on any atom is -0.295 e. The number of imidazole rings is 1. The molecule has 0 aliphatic heterocycles. The fourth-order valence-corrected chi connectivity index (χ4v) is 3.63. The highest BCUT2D eigenvalue weighted by Gasteiger charge is 2.08. The minimum atomic E-state index is 0.562. The van der Waals surface area contributed by atoms with Gasteiger partial charge in [0.25, 0.3) is 0 Å². The third kappa shape index (κ3) is 2.45. The molecule has 0 saturated carbocycles. The Morgan fingerprint density at radius 1 is 1.09 bits per heavy atom. The van der Waals surface area contributed by atoms with Crippen molar-refractivity contribution in [2.24, 2.45) is 0 Å². The van der Waals surface area contributed by atoms with Crippen molar-refractivity contribution < 1.29 is 0 Å². The van der Waals surface area contributed by atoms with Gasteiger partial charge in [0, 0.05) is 22.9 Å². The predicted molar refractivity (Wildman–Crippen MR) is 91.5 cm³/mol. The zero-order valence-corrected chi connectivity index (χ0v) is 13.2. The van der Waals surface area contributed by atoms with Crippen molar-refractivity contribution in [3.8, 4) is 0 Å². The molecule has 0 bridgehead atoms. The molecule has 5 heteroatoms. The van der Waals surface area contributed by atoms with E-state index >= 15 is 0 Å². The summed E-state index contributed by atoms with van der Waals surface area (Å²) in [6, 6.07) is 16.2. The molecule has 1 aromatic carbocycles. The lowest BCUT2D eigenvalue weighted by molar-refractivity contribution is 0.957. The highest BCUT2D eigenvalue weighted by Crippen LogP contribution is 2.28. The van der Waals surface area contributed by atoms with Crippen LogP contribution in [-0.2, 0) is 5.75 Å². The van der Waals surface area contributed by atoms with Crippen molar-refractivity contribution in [1.29, 1.82) is 0 Å². The van der Waals surface area contributed by atoms with Gasteiger partial charge in [-0.25, -0.2) is 9.97 Å². The SMILES string of the molecule is Clc1nc2ccccc2cc1CSc1ncc2ccccn12. The molecule has 0 N–H and O–H groups in total. The zero-order chi connectivity index (χ0) is 14.9. The maximum Gasteiger partial charge on any atom is 0.172 e. The molecule has 0 fully saturated rings. The van der Waals surface area contributed by atoms with E-state index in [1.54, 1.807) is 11.8 Å². The lowest BCUT2D eigenvalue weighted by Gasteiger charge is -2.06. The van der Waals surface area contributed by atoms with Crippen molar-refractivity contribution in [1.82, 2.24) is 14.4 Å². The Labute approximate surface area is 137 Å². The summed E-state index contributed by atoms with van der Waals surface area (Å²) in [5.41, 5.74) is 3.04. The molecule has 3 nitrogen and oxygen atoms in total. The number of pyridine rings is 2. The van der Waals surface area contributed by atoms with E-state index in [4.69, 9.17) is 11.6 Å². The van der Waals surface area contributed by atoms with Crippen LogP contribution >= 0.6 is 23.4 Å². The maximum absolute atomic E-state index is 6.31. The first-order chi connectivity index (χ1) is 10.8. The standard InChI is InChI=1S/C17H12ClN3S/c18-16-13(9-12-5-1-2-7-15(12)20-16)11-22-17-19-10-14-6-3-4-8-21(14)17/h1-10H,11H2. The van der Waals surface area contributed by atoms with Crippen LogP contribution in [0.1, 0.15) is 5.56 Å². The largest absolute Gasteiger partial charge is 0.295 e. The Morgan fingerprint density at radius 3 is 2.91 bits per heavy atom. The van der Waals surface area contributed by atoms with Gasteiger partial charge in [-0.05, 0) is 24.3 Å². The number of thioether (sulfide) groups is 1. The van der Waals surface area contributed by atoms with E-state index in [-0.39, 0.29) is 0 Å². The molecule has 0 radical (unpaired) electrons. The predicted octanol–water partition coefficient (Wildman–Crippen LogP) is 4.83. The lowest BCUT2D eigenvalue weighted by Crippen LogP contribution is -1.91. The van der Waals surface area contributed by atoms with Gasteiger partial charge in [-0.15, -0.1) is 0 Å². The Morgan fingerprint density at radius 2 is 1.95 bits per heavy atom. The Bertz CT molecular complexity index is 964. The topological polar surface area (TPSA) is 30.2 Å². The van der Waals surface area contributed by atoms with Gasteiger partial charge in [0.2, 0.25) is 0 Å². The van der Waals surface area contributed by atoms with Crippen LogP contribution in [0.4, 0.5) is 0 Å². The fourth-order valence-electron chi connectivity index (χ4n) is 2.41. The summed E-state index contributed by atoms with van der Waals surface area (Å²) in [5, 5.41) is 2.63. The van der Waals surface area contributed by atoms with Crippen LogP contribution in [0.3, 0.4) is 0 Å². The third-order valence-electron chi connectivity index (χ3n) is 3.51. The van der Waals surface area contributed by atoms with Gasteiger partial charge >= 0.3 is 0 Å². The van der Waals surface area contributed by atoms with Crippen molar-refractivity contribution in [3.63, 3.8) is 0 Å². The van der Waals surface area contributed by atoms with Crippen LogP contribution in [0.25, 0.3) is 16.4 Å². The van der Waals surface area contributed by atoms with Gasteiger partial charge < -0.3 is 0 Å². The summed E-state index contributed by atoms with van der Waals surface area (Å²) in [7, 11) is 0. The average Bonchev–Trinajstić information content (AvgIpc) is 2.96. The van der Waals surface area contributed by atoms with Gasteiger partial charge in [-0.2, -0.15) is 0 Å². The number of hydrogen-bond donors (Lipinski definition) is 0. The number of halogens is 1. The van der Waals surface area contributed by atoms with Crippen molar-refractivity contribution in [2.45, 2.75) is 10.9 Å². The van der Waals surface area contributed by atoms with E-state index in [0.29, 0.717) is 5.15 Å². The smallest absolute Gasteiger partial charge is 0.172 e. The maximum atomic E-state index is 6.31. The van der Waals surface area contributed by atoms with E-state index in [1.807, 2.05) is 48.8 Å². The Hall–Kier alpha value is -2.04. The number of rotatable bonds is 3. The Kier molecular flexibility index (Phi) is 3.48. The second kappa shape index (κ2) is 5.63. The first-order valence-electron chi connectivity index (χ1n) is 6.90. The number of nitrogens with zero attached hydrogens (tertiary/aromatic N) is 3. The van der Waals surface area contributed by atoms with Gasteiger partial charge in [0.15, 0.2) is 5.16 Å². The minimum absolute atomic E-state index is 0.562. The monoisotopic (exact) mass is 325 g/mol. The summed E-state index contributed by atoms with van der Waals surface area (Å²) in [6.07, 6.45) is 3.90. The number of fused-ring (bicyclic) bond motifs is 2. The molecule has 0 aliphatic carbocycles. The highest BCUT2D eigenvalue weighted by molar-refractivity contribution is 7.98. The fraction of sp³-hybridized carbons (Fsp3) is 0.0588. The number of para-hydroxylation sites is 1. The molecule has 4 aromatic rings. The van der Waals surface area contributed by atoms with Gasteiger partial charge in [-0.1, -0.05) is 47.6 Å². The van der Waals surface area contributed by atoms with E-state index in [1.165, 1.54) is 0 Å². The molecule has 108 valence electrons. The summed E-state index contributed by atoms with van der Waals surface area (Å²) < 4.78 is 2.08. The van der Waals surface area contributed by atoms with E-state index in [2.05, 4.69) is 26.5 Å². The number of hydrogen-bond acceptors (Lipinski definition) is 3. The van der Waals surface area contributed by atoms with E-state index in [9.17, 15) is 0 Å². The molecule has 0 spiro atoms. The molecule has 0 saturated heterocycles. The second-order valence-corrected chi connectivity index (χ2v) is 6.26. The van der Waals surface area contributed by atoms with Crippen molar-refractivity contribution in [2.75, 3.05) is 0 Å². The summed E-state index contributed by atoms with van der Waals surface area (Å²) in [6.45, 7) is 0. The van der Waals surface area contributed by atoms with Crippen molar-refractivity contribution >= 4 is 39.8 Å². The molecule has 0 aliphatic rings. The molecule has 0 amide bonds. The summed E-state index contributed by atoms with van der Waals surface area (Å²) >= 11 is 7.97. The van der Waals surface area contributed by atoms with E-state index in [0.717, 1.165) is 32.9 Å². The lowest BCUT2D eigenvalue weighted by atomic mass is 10.2. The van der Waals surface area contributed by atoms with Crippen LogP contribution in [-0.4, -0.2) is 14.4 Å². The van der Waals surface area contributed by atoms with Crippen LogP contribution in [0, 0.1) is 0 Å². The molecule has 3 aromatic heterocycles. The van der Waals surface area contributed by atoms with Gasteiger partial charge in [0.05, 0.1) is 17.2 Å². The first-order valence-corrected chi connectivity index (χ1v) is 8.27. The molecule has 0 unspecified atom stereocenters. The highest BCUT2D eigenvalue weighted by atomic mass is 35.5. The van der Waals surface area contributed by atoms with Gasteiger partial charge in [0.1, 0.15) is 5.15 Å². The first kappa shape index (κ1) is 13.6. The molecular weight excluding hydrogens is 314 g/mol. The van der Waals surface area contributed by atoms with Crippen LogP contribution in [0.2, 0.25) is 5.15 Å². The molecule has 3 heterocycles. The van der Waals surface area contributed by atoms with Crippen molar-refractivity contribution in [3.05, 3.63) is 71.6 Å². The summed E-state index contributed by atoms with van der Waals surface area (Å²) in [5.74, 6) is 0.741. The average molecular weight is 326 g/mol. The molecule has 4 rings (SSSR count). The molecular formula is C17H12ClN3S.